The van der Waals surface area contributed by atoms with Crippen molar-refractivity contribution in [3.05, 3.63) is 12.2 Å². The van der Waals surface area contributed by atoms with E-state index in [1.54, 1.807) is 6.08 Å². The fourth-order valence-corrected chi connectivity index (χ4v) is 9.41. The van der Waals surface area contributed by atoms with Gasteiger partial charge in [0.25, 0.3) is 0 Å². The normalized spacial score (nSPS) is 26.4. The molecular weight excluding hydrogens is 871 g/mol. The summed E-state index contributed by atoms with van der Waals surface area (Å²) in [5.41, 5.74) is 0. The van der Waals surface area contributed by atoms with Crippen molar-refractivity contribution < 1.29 is 64.6 Å². The Labute approximate surface area is 412 Å². The lowest BCUT2D eigenvalue weighted by Crippen LogP contribution is -2.65. The van der Waals surface area contributed by atoms with Crippen molar-refractivity contribution in [2.45, 2.75) is 306 Å². The number of hydrogen-bond acceptors (Lipinski definition) is 13. The van der Waals surface area contributed by atoms with Crippen molar-refractivity contribution in [2.24, 2.45) is 0 Å². The van der Waals surface area contributed by atoms with Crippen LogP contribution in [-0.2, 0) is 23.7 Å². The molecule has 2 saturated heterocycles. The monoisotopic (exact) mass is 974 g/mol. The molecule has 0 aromatic rings. The van der Waals surface area contributed by atoms with E-state index in [-0.39, 0.29) is 18.9 Å². The topological polar surface area (TPSA) is 228 Å². The van der Waals surface area contributed by atoms with Crippen molar-refractivity contribution in [3.8, 4) is 0 Å². The van der Waals surface area contributed by atoms with Gasteiger partial charge >= 0.3 is 0 Å². The largest absolute Gasteiger partial charge is 0.394 e. The molecule has 12 atom stereocenters. The smallest absolute Gasteiger partial charge is 0.220 e. The Morgan fingerprint density at radius 2 is 0.912 bits per heavy atom. The van der Waals surface area contributed by atoms with E-state index < -0.39 is 86.8 Å². The van der Waals surface area contributed by atoms with E-state index in [1.165, 1.54) is 167 Å². The van der Waals surface area contributed by atoms with Gasteiger partial charge in [-0.3, -0.25) is 4.79 Å². The summed E-state index contributed by atoms with van der Waals surface area (Å²) in [6.45, 7) is 2.81. The highest BCUT2D eigenvalue weighted by Gasteiger charge is 2.51. The molecule has 0 bridgehead atoms. The fourth-order valence-electron chi connectivity index (χ4n) is 9.41. The van der Waals surface area contributed by atoms with E-state index in [1.807, 2.05) is 6.08 Å². The van der Waals surface area contributed by atoms with Crippen LogP contribution in [-0.4, -0.2) is 140 Å². The minimum absolute atomic E-state index is 0.236. The van der Waals surface area contributed by atoms with E-state index >= 15 is 0 Å². The molecule has 0 saturated carbocycles. The summed E-state index contributed by atoms with van der Waals surface area (Å²) in [6, 6.07) is -0.908. The van der Waals surface area contributed by atoms with Gasteiger partial charge in [-0.1, -0.05) is 219 Å². The molecule has 9 N–H and O–H groups in total. The molecule has 2 aliphatic heterocycles. The van der Waals surface area contributed by atoms with Crippen LogP contribution < -0.4 is 5.32 Å². The Balaban J connectivity index is 1.77. The Hall–Kier alpha value is -1.27. The predicted molar refractivity (Wildman–Crippen MR) is 268 cm³/mol. The van der Waals surface area contributed by atoms with Gasteiger partial charge in [-0.2, -0.15) is 0 Å². The van der Waals surface area contributed by atoms with Gasteiger partial charge in [0, 0.05) is 6.42 Å². The zero-order chi connectivity index (χ0) is 49.6. The number of aliphatic hydroxyl groups excluding tert-OH is 8. The van der Waals surface area contributed by atoms with E-state index in [0.717, 1.165) is 38.5 Å². The van der Waals surface area contributed by atoms with Crippen LogP contribution in [0, 0.1) is 0 Å². The first-order valence-electron chi connectivity index (χ1n) is 27.9. The second kappa shape index (κ2) is 41.2. The van der Waals surface area contributed by atoms with Crippen LogP contribution in [0.25, 0.3) is 0 Å². The number of nitrogens with one attached hydrogen (secondary N) is 1. The molecule has 14 heteroatoms. The zero-order valence-corrected chi connectivity index (χ0v) is 42.9. The van der Waals surface area contributed by atoms with Gasteiger partial charge in [-0.05, 0) is 19.3 Å². The third-order valence-electron chi connectivity index (χ3n) is 14.0. The fraction of sp³-hybridized carbons (Fsp3) is 0.944. The van der Waals surface area contributed by atoms with Gasteiger partial charge in [0.1, 0.15) is 48.8 Å². The Bertz CT molecular complexity index is 1200. The summed E-state index contributed by atoms with van der Waals surface area (Å²) in [4.78, 5) is 13.2. The number of hydrogen-bond donors (Lipinski definition) is 9. The number of allylic oxidation sites excluding steroid dienone is 1. The molecule has 14 nitrogen and oxygen atoms in total. The molecule has 2 unspecified atom stereocenters. The Morgan fingerprint density at radius 3 is 1.35 bits per heavy atom. The van der Waals surface area contributed by atoms with Crippen molar-refractivity contribution in [1.82, 2.24) is 5.32 Å². The van der Waals surface area contributed by atoms with Gasteiger partial charge in [0.05, 0.1) is 32.0 Å². The number of unbranched alkanes of at least 4 members (excludes halogenated alkanes) is 31. The summed E-state index contributed by atoms with van der Waals surface area (Å²) >= 11 is 0. The van der Waals surface area contributed by atoms with Gasteiger partial charge < -0.3 is 65.1 Å². The summed E-state index contributed by atoms with van der Waals surface area (Å²) in [5.74, 6) is -0.236. The van der Waals surface area contributed by atoms with Crippen LogP contribution in [0.1, 0.15) is 232 Å². The number of ether oxygens (including phenoxy) is 4. The molecule has 0 spiro atoms. The number of carbonyl (C=O) groups excluding carboxylic acids is 1. The number of carbonyl (C=O) groups is 1. The van der Waals surface area contributed by atoms with Crippen LogP contribution in [0.4, 0.5) is 0 Å². The van der Waals surface area contributed by atoms with Crippen LogP contribution in [0.5, 0.6) is 0 Å². The molecule has 0 aromatic carbocycles. The maximum atomic E-state index is 13.2. The standard InChI is InChI=1S/C54H103NO13/c1-3-5-7-9-11-13-15-17-18-19-20-21-22-23-24-26-28-30-32-34-36-38-46(59)55-42(43(58)37-35-33-31-29-27-25-16-14-12-10-8-6-4-2)41-65-53-51(64)49(62)52(45(40-57)67-53)68-54-50(63)48(61)47(60)44(39-56)66-54/h35,37,42-45,47-54,56-58,60-64H,3-34,36,38-41H2,1-2H3,(H,55,59)/b37-35-/t42?,43?,44-,45-,47+,48+,49-,50-,51-,52+,53-,54-/m1/s1. The number of rotatable bonds is 44. The lowest BCUT2D eigenvalue weighted by Gasteiger charge is -2.46. The first kappa shape index (κ1) is 62.8. The van der Waals surface area contributed by atoms with E-state index in [4.69, 9.17) is 18.9 Å². The van der Waals surface area contributed by atoms with Crippen LogP contribution in [0.15, 0.2) is 12.2 Å². The lowest BCUT2D eigenvalue weighted by atomic mass is 9.97. The zero-order valence-electron chi connectivity index (χ0n) is 42.9. The minimum Gasteiger partial charge on any atom is -0.394 e. The van der Waals surface area contributed by atoms with Crippen LogP contribution in [0.3, 0.4) is 0 Å². The van der Waals surface area contributed by atoms with Crippen molar-refractivity contribution in [2.75, 3.05) is 19.8 Å². The highest BCUT2D eigenvalue weighted by molar-refractivity contribution is 5.76. The molecule has 402 valence electrons. The maximum Gasteiger partial charge on any atom is 0.220 e. The maximum absolute atomic E-state index is 13.2. The number of amides is 1. The molecule has 1 amide bonds. The molecule has 0 aromatic heterocycles. The SMILES string of the molecule is CCCCCCCCCCCCC/C=C\C(O)C(CO[C@@H]1O[C@H](CO)[C@H](O[C@H]2O[C@H](CO)[C@H](O)[C@H](O)[C@H]2O)[C@H](O)[C@H]1O)NC(=O)CCCCCCCCCCCCCCCCCCCCCCC. The van der Waals surface area contributed by atoms with E-state index in [0.29, 0.717) is 6.42 Å². The first-order chi connectivity index (χ1) is 33.1. The average Bonchev–Trinajstić information content (AvgIpc) is 3.34. The molecule has 2 rings (SSSR count). The van der Waals surface area contributed by atoms with Crippen LogP contribution in [0.2, 0.25) is 0 Å². The van der Waals surface area contributed by atoms with Gasteiger partial charge in [0.15, 0.2) is 12.6 Å². The Kier molecular flexibility index (Phi) is 38.1. The molecule has 2 aliphatic rings. The summed E-state index contributed by atoms with van der Waals surface area (Å²) < 4.78 is 22.7. The van der Waals surface area contributed by atoms with Crippen molar-refractivity contribution >= 4 is 5.91 Å². The van der Waals surface area contributed by atoms with E-state index in [2.05, 4.69) is 19.2 Å². The highest BCUT2D eigenvalue weighted by Crippen LogP contribution is 2.30. The predicted octanol–water partition coefficient (Wildman–Crippen LogP) is 8.33. The third kappa shape index (κ3) is 27.5. The molecule has 0 radical (unpaired) electrons. The highest BCUT2D eigenvalue weighted by atomic mass is 16.7. The third-order valence-corrected chi connectivity index (χ3v) is 14.0. The average molecular weight is 974 g/mol. The molecule has 0 aliphatic carbocycles. The summed E-state index contributed by atoms with van der Waals surface area (Å²) in [6.07, 6.45) is 28.2. The lowest BCUT2D eigenvalue weighted by molar-refractivity contribution is -0.359. The molecule has 2 fully saturated rings. The van der Waals surface area contributed by atoms with Crippen LogP contribution >= 0.6 is 0 Å². The summed E-state index contributed by atoms with van der Waals surface area (Å²) in [7, 11) is 0. The molecule has 68 heavy (non-hydrogen) atoms. The minimum atomic E-state index is -1.78. The summed E-state index contributed by atoms with van der Waals surface area (Å²) in [5, 5.41) is 86.9. The molecule has 2 heterocycles. The molecular formula is C54H103NO13. The number of aliphatic hydroxyl groups is 8. The van der Waals surface area contributed by atoms with Crippen molar-refractivity contribution in [3.63, 3.8) is 0 Å². The van der Waals surface area contributed by atoms with Gasteiger partial charge in [-0.25, -0.2) is 0 Å². The van der Waals surface area contributed by atoms with Crippen molar-refractivity contribution in [1.29, 1.82) is 0 Å². The second-order valence-corrected chi connectivity index (χ2v) is 20.1. The first-order valence-corrected chi connectivity index (χ1v) is 27.9. The van der Waals surface area contributed by atoms with E-state index in [9.17, 15) is 45.6 Å². The van der Waals surface area contributed by atoms with Gasteiger partial charge in [0.2, 0.25) is 5.91 Å². The quantitative estimate of drug-likeness (QED) is 0.0207. The second-order valence-electron chi connectivity index (χ2n) is 20.1. The Morgan fingerprint density at radius 1 is 0.515 bits per heavy atom. The van der Waals surface area contributed by atoms with Gasteiger partial charge in [-0.15, -0.1) is 0 Å².